The number of carbonyl (C=O) groups excluding carboxylic acids is 3. The van der Waals surface area contributed by atoms with Gasteiger partial charge in [-0.25, -0.2) is 0 Å². The van der Waals surface area contributed by atoms with Crippen molar-refractivity contribution in [3.63, 3.8) is 0 Å². The number of amides is 3. The fourth-order valence-electron chi connectivity index (χ4n) is 4.23. The number of likely N-dealkylation sites (N-methyl/N-ethyl adjacent to an activating group) is 1. The summed E-state index contributed by atoms with van der Waals surface area (Å²) in [5.41, 5.74) is 2.27. The Balaban J connectivity index is 1.66. The van der Waals surface area contributed by atoms with Gasteiger partial charge in [-0.1, -0.05) is 61.5 Å². The van der Waals surface area contributed by atoms with E-state index in [0.29, 0.717) is 18.5 Å². The number of hydrogen-bond acceptors (Lipinski definition) is 3. The number of rotatable bonds is 7. The first-order valence-corrected chi connectivity index (χ1v) is 10.4. The van der Waals surface area contributed by atoms with Crippen molar-refractivity contribution in [2.75, 3.05) is 18.5 Å². The molecule has 1 atom stereocenters. The van der Waals surface area contributed by atoms with Gasteiger partial charge in [0.2, 0.25) is 11.8 Å². The highest BCUT2D eigenvalue weighted by Gasteiger charge is 2.34. The normalized spacial score (nSPS) is 13.4. The first kappa shape index (κ1) is 20.6. The summed E-state index contributed by atoms with van der Waals surface area (Å²) >= 11 is 0. The molecule has 0 spiro atoms. The van der Waals surface area contributed by atoms with Crippen LogP contribution in [0.15, 0.2) is 66.7 Å². The molecule has 3 aromatic rings. The fraction of sp³-hybridized carbons (Fsp3) is 0.240. The van der Waals surface area contributed by atoms with Crippen LogP contribution >= 0.6 is 0 Å². The molecule has 158 valence electrons. The molecular weight excluding hydrogens is 390 g/mol. The first-order chi connectivity index (χ1) is 15.0. The van der Waals surface area contributed by atoms with Gasteiger partial charge >= 0.3 is 0 Å². The van der Waals surface area contributed by atoms with E-state index in [4.69, 9.17) is 0 Å². The van der Waals surface area contributed by atoms with Crippen LogP contribution in [0.25, 0.3) is 10.8 Å². The number of benzene rings is 3. The van der Waals surface area contributed by atoms with Crippen LogP contribution in [-0.4, -0.2) is 42.3 Å². The van der Waals surface area contributed by atoms with Gasteiger partial charge in [-0.2, -0.15) is 0 Å². The molecule has 1 heterocycles. The van der Waals surface area contributed by atoms with Crippen LogP contribution in [-0.2, 0) is 16.1 Å². The number of anilines is 1. The molecule has 0 bridgehead atoms. The van der Waals surface area contributed by atoms with Crippen LogP contribution in [0.2, 0.25) is 0 Å². The minimum Gasteiger partial charge on any atom is -0.357 e. The lowest BCUT2D eigenvalue weighted by molar-refractivity contribution is -0.140. The van der Waals surface area contributed by atoms with Gasteiger partial charge in [0.15, 0.2) is 0 Å². The van der Waals surface area contributed by atoms with Gasteiger partial charge in [-0.05, 0) is 29.5 Å². The van der Waals surface area contributed by atoms with Crippen LogP contribution in [0.3, 0.4) is 0 Å². The lowest BCUT2D eigenvalue weighted by Gasteiger charge is -2.31. The van der Waals surface area contributed by atoms with Crippen LogP contribution < -0.4 is 10.2 Å². The molecule has 3 aromatic carbocycles. The first-order valence-electron chi connectivity index (χ1n) is 10.4. The minimum atomic E-state index is -0.617. The lowest BCUT2D eigenvalue weighted by Crippen LogP contribution is -2.51. The van der Waals surface area contributed by atoms with Crippen molar-refractivity contribution in [3.8, 4) is 0 Å². The summed E-state index contributed by atoms with van der Waals surface area (Å²) < 4.78 is 0. The van der Waals surface area contributed by atoms with Crippen molar-refractivity contribution in [2.45, 2.75) is 25.9 Å². The summed E-state index contributed by atoms with van der Waals surface area (Å²) in [6, 6.07) is 20.3. The molecule has 6 heteroatoms. The zero-order valence-electron chi connectivity index (χ0n) is 17.7. The van der Waals surface area contributed by atoms with Gasteiger partial charge in [-0.3, -0.25) is 19.3 Å². The summed E-state index contributed by atoms with van der Waals surface area (Å²) in [4.78, 5) is 42.2. The van der Waals surface area contributed by atoms with E-state index in [1.807, 2.05) is 67.6 Å². The molecule has 0 saturated carbocycles. The van der Waals surface area contributed by atoms with E-state index in [-0.39, 0.29) is 24.3 Å². The molecule has 3 amide bonds. The van der Waals surface area contributed by atoms with Gasteiger partial charge in [0, 0.05) is 24.5 Å². The third-order valence-corrected chi connectivity index (χ3v) is 5.77. The number of nitrogens with zero attached hydrogens (tertiary/aromatic N) is 2. The predicted octanol–water partition coefficient (Wildman–Crippen LogP) is 3.35. The Morgan fingerprint density at radius 3 is 2.39 bits per heavy atom. The van der Waals surface area contributed by atoms with E-state index >= 15 is 0 Å². The zero-order valence-corrected chi connectivity index (χ0v) is 17.7. The highest BCUT2D eigenvalue weighted by Crippen LogP contribution is 2.37. The smallest absolute Gasteiger partial charge is 0.259 e. The number of nitrogens with one attached hydrogen (secondary N) is 1. The fourth-order valence-corrected chi connectivity index (χ4v) is 4.23. The molecular formula is C25H25N3O3. The molecule has 0 unspecified atom stereocenters. The molecule has 4 rings (SSSR count). The minimum absolute atomic E-state index is 0.118. The lowest BCUT2D eigenvalue weighted by atomic mass is 10.1. The highest BCUT2D eigenvalue weighted by molar-refractivity contribution is 6.26. The predicted molar refractivity (Wildman–Crippen MR) is 121 cm³/mol. The SMILES string of the molecule is CC[C@@H](C(=O)NC)N(Cc1ccccc1)C(=O)CN1C(=O)c2cccc3cccc1c23. The third-order valence-electron chi connectivity index (χ3n) is 5.77. The van der Waals surface area contributed by atoms with Crippen molar-refractivity contribution in [1.29, 1.82) is 0 Å². The van der Waals surface area contributed by atoms with Crippen molar-refractivity contribution in [2.24, 2.45) is 0 Å². The summed E-state index contributed by atoms with van der Waals surface area (Å²) in [6.07, 6.45) is 0.474. The Morgan fingerprint density at radius 2 is 1.71 bits per heavy atom. The Labute approximate surface area is 181 Å². The van der Waals surface area contributed by atoms with E-state index in [0.717, 1.165) is 22.0 Å². The van der Waals surface area contributed by atoms with Gasteiger partial charge in [0.05, 0.1) is 5.69 Å². The summed E-state index contributed by atoms with van der Waals surface area (Å²) in [7, 11) is 1.57. The van der Waals surface area contributed by atoms with Gasteiger partial charge in [0.25, 0.3) is 5.91 Å². The van der Waals surface area contributed by atoms with Gasteiger partial charge in [0.1, 0.15) is 12.6 Å². The quantitative estimate of drug-likeness (QED) is 0.643. The Morgan fingerprint density at radius 1 is 1.00 bits per heavy atom. The maximum atomic E-state index is 13.5. The molecule has 0 aliphatic carbocycles. The maximum absolute atomic E-state index is 13.5. The summed E-state index contributed by atoms with van der Waals surface area (Å²) in [6.45, 7) is 2.06. The highest BCUT2D eigenvalue weighted by atomic mass is 16.2. The molecule has 0 radical (unpaired) electrons. The monoisotopic (exact) mass is 415 g/mol. The Kier molecular flexibility index (Phi) is 5.71. The van der Waals surface area contributed by atoms with Crippen molar-refractivity contribution in [1.82, 2.24) is 10.2 Å². The average molecular weight is 415 g/mol. The maximum Gasteiger partial charge on any atom is 0.259 e. The van der Waals surface area contributed by atoms with Crippen molar-refractivity contribution < 1.29 is 14.4 Å². The third kappa shape index (κ3) is 3.77. The van der Waals surface area contributed by atoms with E-state index in [9.17, 15) is 14.4 Å². The molecule has 1 aliphatic heterocycles. The topological polar surface area (TPSA) is 69.7 Å². The Bertz CT molecular complexity index is 1140. The molecule has 0 fully saturated rings. The Hall–Kier alpha value is -3.67. The van der Waals surface area contributed by atoms with Crippen LogP contribution in [0, 0.1) is 0 Å². The summed E-state index contributed by atoms with van der Waals surface area (Å²) in [5, 5.41) is 4.50. The van der Waals surface area contributed by atoms with Crippen LogP contribution in [0.1, 0.15) is 29.3 Å². The molecule has 1 aliphatic rings. The number of carbonyl (C=O) groups is 3. The average Bonchev–Trinajstić information content (AvgIpc) is 3.07. The number of hydrogen-bond donors (Lipinski definition) is 1. The molecule has 31 heavy (non-hydrogen) atoms. The van der Waals surface area contributed by atoms with Crippen LogP contribution in [0.4, 0.5) is 5.69 Å². The van der Waals surface area contributed by atoms with Gasteiger partial charge < -0.3 is 10.2 Å². The second-order valence-corrected chi connectivity index (χ2v) is 7.62. The molecule has 6 nitrogen and oxygen atoms in total. The van der Waals surface area contributed by atoms with Crippen molar-refractivity contribution in [3.05, 3.63) is 77.9 Å². The van der Waals surface area contributed by atoms with E-state index in [1.54, 1.807) is 18.0 Å². The van der Waals surface area contributed by atoms with Crippen LogP contribution in [0.5, 0.6) is 0 Å². The second-order valence-electron chi connectivity index (χ2n) is 7.62. The largest absolute Gasteiger partial charge is 0.357 e. The standard InChI is InChI=1S/C25H25N3O3/c1-3-20(24(30)26-2)27(15-17-9-5-4-6-10-17)22(29)16-28-21-14-8-12-18-11-7-13-19(23(18)21)25(28)31/h4-14,20H,3,15-16H2,1-2H3,(H,26,30)/t20-/m0/s1. The van der Waals surface area contributed by atoms with E-state index < -0.39 is 6.04 Å². The summed E-state index contributed by atoms with van der Waals surface area (Å²) in [5.74, 6) is -0.671. The van der Waals surface area contributed by atoms with E-state index in [2.05, 4.69) is 5.32 Å². The van der Waals surface area contributed by atoms with E-state index in [1.165, 1.54) is 4.90 Å². The molecule has 0 saturated heterocycles. The van der Waals surface area contributed by atoms with Crippen molar-refractivity contribution >= 4 is 34.2 Å². The second kappa shape index (κ2) is 8.60. The van der Waals surface area contributed by atoms with Gasteiger partial charge in [-0.15, -0.1) is 0 Å². The molecule has 0 aromatic heterocycles. The molecule has 1 N–H and O–H groups in total. The zero-order chi connectivity index (χ0) is 22.0.